The summed E-state index contributed by atoms with van der Waals surface area (Å²) in [5, 5.41) is 10.1. The van der Waals surface area contributed by atoms with Gasteiger partial charge < -0.3 is 15.3 Å². The molecule has 0 amide bonds. The van der Waals surface area contributed by atoms with Gasteiger partial charge in [-0.3, -0.25) is 0 Å². The predicted octanol–water partition coefficient (Wildman–Crippen LogP) is 1.52. The number of hydrogen-bond acceptors (Lipinski definition) is 3. The van der Waals surface area contributed by atoms with Gasteiger partial charge in [-0.15, -0.1) is 0 Å². The minimum absolute atomic E-state index is 0.222. The molecule has 0 radical (unpaired) electrons. The highest BCUT2D eigenvalue weighted by atomic mass is 79.9. The Morgan fingerprint density at radius 3 is 3.15 bits per heavy atom. The molecule has 0 fully saturated rings. The van der Waals surface area contributed by atoms with Crippen LogP contribution >= 0.6 is 15.9 Å². The third-order valence-corrected chi connectivity index (χ3v) is 2.97. The van der Waals surface area contributed by atoms with Crippen molar-refractivity contribution in [2.45, 2.75) is 24.9 Å². The molecule has 3 N–H and O–H groups in total. The van der Waals surface area contributed by atoms with Crippen molar-refractivity contribution in [1.29, 1.82) is 0 Å². The summed E-state index contributed by atoms with van der Waals surface area (Å²) in [6, 6.07) is 1.91. The van der Waals surface area contributed by atoms with E-state index >= 15 is 0 Å². The van der Waals surface area contributed by atoms with Crippen molar-refractivity contribution in [3.05, 3.63) is 22.1 Å². The second kappa shape index (κ2) is 3.12. The average molecular weight is 246 g/mol. The molecule has 0 aromatic carbocycles. The molecular formula is C9H12BrNO2. The maximum atomic E-state index is 10.1. The van der Waals surface area contributed by atoms with Crippen molar-refractivity contribution in [2.75, 3.05) is 6.54 Å². The van der Waals surface area contributed by atoms with Crippen molar-refractivity contribution in [3.63, 3.8) is 0 Å². The Labute approximate surface area is 85.0 Å². The normalized spacial score (nSPS) is 27.3. The minimum atomic E-state index is -0.945. The van der Waals surface area contributed by atoms with E-state index in [9.17, 15) is 5.11 Å². The molecule has 13 heavy (non-hydrogen) atoms. The van der Waals surface area contributed by atoms with E-state index in [-0.39, 0.29) is 6.54 Å². The molecule has 0 saturated heterocycles. The molecule has 2 rings (SSSR count). The highest BCUT2D eigenvalue weighted by molar-refractivity contribution is 9.10. The zero-order valence-corrected chi connectivity index (χ0v) is 8.80. The van der Waals surface area contributed by atoms with Crippen molar-refractivity contribution < 1.29 is 9.52 Å². The van der Waals surface area contributed by atoms with Crippen LogP contribution in [0.3, 0.4) is 0 Å². The van der Waals surface area contributed by atoms with E-state index in [2.05, 4.69) is 15.9 Å². The van der Waals surface area contributed by atoms with Crippen molar-refractivity contribution >= 4 is 15.9 Å². The van der Waals surface area contributed by atoms with Gasteiger partial charge in [0.15, 0.2) is 4.67 Å². The van der Waals surface area contributed by atoms with Gasteiger partial charge in [-0.2, -0.15) is 0 Å². The Balaban J connectivity index is 2.47. The number of halogens is 1. The number of aliphatic hydroxyl groups is 1. The van der Waals surface area contributed by atoms with Crippen molar-refractivity contribution in [1.82, 2.24) is 0 Å². The Morgan fingerprint density at radius 1 is 1.69 bits per heavy atom. The molecule has 0 saturated carbocycles. The summed E-state index contributed by atoms with van der Waals surface area (Å²) in [4.78, 5) is 0. The van der Waals surface area contributed by atoms with E-state index in [0.717, 1.165) is 18.4 Å². The van der Waals surface area contributed by atoms with Crippen LogP contribution in [0.4, 0.5) is 0 Å². The summed E-state index contributed by atoms with van der Waals surface area (Å²) in [5.74, 6) is 0.646. The summed E-state index contributed by atoms with van der Waals surface area (Å²) >= 11 is 3.25. The fourth-order valence-corrected chi connectivity index (χ4v) is 2.29. The fraction of sp³-hybridized carbons (Fsp3) is 0.556. The van der Waals surface area contributed by atoms with Crippen molar-refractivity contribution in [3.8, 4) is 0 Å². The molecule has 1 heterocycles. The molecule has 1 aliphatic rings. The second-order valence-electron chi connectivity index (χ2n) is 3.49. The van der Waals surface area contributed by atoms with Crippen LogP contribution in [0.1, 0.15) is 24.2 Å². The lowest BCUT2D eigenvalue weighted by molar-refractivity contribution is 0.00529. The number of furan rings is 1. The van der Waals surface area contributed by atoms with Crippen LogP contribution in [0.15, 0.2) is 15.2 Å². The molecule has 1 aromatic heterocycles. The third-order valence-electron chi connectivity index (χ3n) is 2.58. The van der Waals surface area contributed by atoms with E-state index < -0.39 is 5.60 Å². The highest BCUT2D eigenvalue weighted by Crippen LogP contribution is 2.37. The number of hydrogen-bond donors (Lipinski definition) is 2. The first-order valence-electron chi connectivity index (χ1n) is 4.37. The summed E-state index contributed by atoms with van der Waals surface area (Å²) in [7, 11) is 0. The zero-order chi connectivity index (χ0) is 9.47. The van der Waals surface area contributed by atoms with Gasteiger partial charge >= 0.3 is 0 Å². The lowest BCUT2D eigenvalue weighted by Gasteiger charge is -2.29. The van der Waals surface area contributed by atoms with Gasteiger partial charge in [0.05, 0.1) is 0 Å². The number of rotatable bonds is 1. The molecule has 3 nitrogen and oxygen atoms in total. The predicted molar refractivity (Wildman–Crippen MR) is 52.3 cm³/mol. The Hall–Kier alpha value is -0.320. The monoisotopic (exact) mass is 245 g/mol. The van der Waals surface area contributed by atoms with Crippen molar-refractivity contribution in [2.24, 2.45) is 5.73 Å². The standard InChI is InChI=1S/C9H12BrNO2/c10-7-4-6-2-1-3-9(12,5-11)8(6)13-7/h4,12H,1-3,5,11H2. The first-order chi connectivity index (χ1) is 6.15. The average Bonchev–Trinajstić information content (AvgIpc) is 2.48. The highest BCUT2D eigenvalue weighted by Gasteiger charge is 2.36. The van der Waals surface area contributed by atoms with Gasteiger partial charge in [0.1, 0.15) is 11.4 Å². The van der Waals surface area contributed by atoms with Crippen LogP contribution in [-0.2, 0) is 12.0 Å². The summed E-state index contributed by atoms with van der Waals surface area (Å²) < 4.78 is 6.07. The van der Waals surface area contributed by atoms with Crippen LogP contribution in [0.25, 0.3) is 0 Å². The maximum Gasteiger partial charge on any atom is 0.169 e. The van der Waals surface area contributed by atoms with E-state index in [1.807, 2.05) is 6.07 Å². The fourth-order valence-electron chi connectivity index (χ4n) is 1.85. The molecule has 0 aliphatic heterocycles. The number of fused-ring (bicyclic) bond motifs is 1. The summed E-state index contributed by atoms with van der Waals surface area (Å²) in [5.41, 5.74) is 5.67. The molecule has 0 bridgehead atoms. The smallest absolute Gasteiger partial charge is 0.169 e. The molecule has 1 aromatic rings. The molecule has 72 valence electrons. The van der Waals surface area contributed by atoms with E-state index in [0.29, 0.717) is 16.9 Å². The Morgan fingerprint density at radius 2 is 2.46 bits per heavy atom. The lowest BCUT2D eigenvalue weighted by atomic mass is 9.85. The molecule has 1 aliphatic carbocycles. The van der Waals surface area contributed by atoms with Gasteiger partial charge in [0, 0.05) is 6.54 Å². The first-order valence-corrected chi connectivity index (χ1v) is 5.16. The SMILES string of the molecule is NCC1(O)CCCc2cc(Br)oc21. The number of nitrogens with two attached hydrogens (primary N) is 1. The quantitative estimate of drug-likeness (QED) is 0.789. The van der Waals surface area contributed by atoms with Gasteiger partial charge in [-0.1, -0.05) is 0 Å². The molecule has 1 atom stereocenters. The van der Waals surface area contributed by atoms with E-state index in [1.165, 1.54) is 0 Å². The third kappa shape index (κ3) is 1.43. The van der Waals surface area contributed by atoms with Gasteiger partial charge in [0.25, 0.3) is 0 Å². The molecule has 0 spiro atoms. The number of aryl methyl sites for hydroxylation is 1. The molecule has 4 heteroatoms. The van der Waals surface area contributed by atoms with E-state index in [4.69, 9.17) is 10.2 Å². The van der Waals surface area contributed by atoms with Crippen LogP contribution in [0, 0.1) is 0 Å². The first kappa shape index (κ1) is 9.24. The summed E-state index contributed by atoms with van der Waals surface area (Å²) in [6.45, 7) is 0.222. The largest absolute Gasteiger partial charge is 0.451 e. The van der Waals surface area contributed by atoms with Gasteiger partial charge in [-0.05, 0) is 46.8 Å². The maximum absolute atomic E-state index is 10.1. The minimum Gasteiger partial charge on any atom is -0.451 e. The van der Waals surface area contributed by atoms with Gasteiger partial charge in [0.2, 0.25) is 0 Å². The van der Waals surface area contributed by atoms with Crippen LogP contribution in [0.5, 0.6) is 0 Å². The lowest BCUT2D eigenvalue weighted by Crippen LogP contribution is -2.37. The molecular weight excluding hydrogens is 234 g/mol. The topological polar surface area (TPSA) is 59.4 Å². The second-order valence-corrected chi connectivity index (χ2v) is 4.28. The zero-order valence-electron chi connectivity index (χ0n) is 7.22. The van der Waals surface area contributed by atoms with Gasteiger partial charge in [-0.25, -0.2) is 0 Å². The summed E-state index contributed by atoms with van der Waals surface area (Å²) in [6.07, 6.45) is 2.62. The van der Waals surface area contributed by atoms with Crippen LogP contribution in [-0.4, -0.2) is 11.7 Å². The van der Waals surface area contributed by atoms with Crippen LogP contribution in [0.2, 0.25) is 0 Å². The van der Waals surface area contributed by atoms with E-state index in [1.54, 1.807) is 0 Å². The Kier molecular flexibility index (Phi) is 2.21. The molecule has 1 unspecified atom stereocenters. The van der Waals surface area contributed by atoms with Crippen LogP contribution < -0.4 is 5.73 Å². The Bertz CT molecular complexity index is 323.